The van der Waals surface area contributed by atoms with E-state index in [1.165, 1.54) is 4.90 Å². The topological polar surface area (TPSA) is 40.5 Å². The molecule has 0 spiro atoms. The summed E-state index contributed by atoms with van der Waals surface area (Å²) in [4.78, 5) is 13.6. The standard InChI is InChI=1S/C14H11NO2/c16-13-11-8-4-5-9-12(11)14(17)15(13)10-6-2-1-3-7-10/h1-9,13,16H/t13-/m1/s1. The Morgan fingerprint density at radius 1 is 0.941 bits per heavy atom. The molecule has 0 fully saturated rings. The van der Waals surface area contributed by atoms with Crippen molar-refractivity contribution in [1.29, 1.82) is 0 Å². The highest BCUT2D eigenvalue weighted by atomic mass is 16.3. The highest BCUT2D eigenvalue weighted by molar-refractivity contribution is 6.10. The van der Waals surface area contributed by atoms with Gasteiger partial charge in [0.25, 0.3) is 5.91 Å². The van der Waals surface area contributed by atoms with Crippen molar-refractivity contribution >= 4 is 11.6 Å². The first-order valence-corrected chi connectivity index (χ1v) is 5.44. The smallest absolute Gasteiger partial charge is 0.261 e. The molecule has 17 heavy (non-hydrogen) atoms. The third-order valence-corrected chi connectivity index (χ3v) is 2.97. The SMILES string of the molecule is O=C1c2ccccc2[C@@H](O)N1c1ccccc1. The molecular weight excluding hydrogens is 214 g/mol. The van der Waals surface area contributed by atoms with Crippen LogP contribution in [0.1, 0.15) is 22.1 Å². The van der Waals surface area contributed by atoms with Gasteiger partial charge in [0.1, 0.15) is 0 Å². The van der Waals surface area contributed by atoms with E-state index in [2.05, 4.69) is 0 Å². The second-order valence-corrected chi connectivity index (χ2v) is 3.97. The van der Waals surface area contributed by atoms with E-state index in [-0.39, 0.29) is 5.91 Å². The minimum atomic E-state index is -0.888. The lowest BCUT2D eigenvalue weighted by Gasteiger charge is -2.20. The van der Waals surface area contributed by atoms with Crippen LogP contribution in [0.2, 0.25) is 0 Å². The zero-order chi connectivity index (χ0) is 11.8. The van der Waals surface area contributed by atoms with Crippen LogP contribution in [0, 0.1) is 0 Å². The lowest BCUT2D eigenvalue weighted by Crippen LogP contribution is -2.27. The Labute approximate surface area is 98.9 Å². The quantitative estimate of drug-likeness (QED) is 0.809. The number of fused-ring (bicyclic) bond motifs is 1. The molecule has 84 valence electrons. The van der Waals surface area contributed by atoms with Gasteiger partial charge in [-0.2, -0.15) is 0 Å². The summed E-state index contributed by atoms with van der Waals surface area (Å²) in [7, 11) is 0. The molecule has 2 aromatic rings. The molecule has 0 saturated carbocycles. The van der Waals surface area contributed by atoms with Crippen LogP contribution in [0.15, 0.2) is 54.6 Å². The maximum absolute atomic E-state index is 12.2. The molecule has 0 unspecified atom stereocenters. The molecule has 0 saturated heterocycles. The van der Waals surface area contributed by atoms with Crippen molar-refractivity contribution in [3.63, 3.8) is 0 Å². The molecule has 0 aromatic heterocycles. The van der Waals surface area contributed by atoms with Crippen LogP contribution < -0.4 is 4.90 Å². The summed E-state index contributed by atoms with van der Waals surface area (Å²) < 4.78 is 0. The fourth-order valence-corrected chi connectivity index (χ4v) is 2.14. The first-order valence-electron chi connectivity index (χ1n) is 5.44. The van der Waals surface area contributed by atoms with Crippen LogP contribution in [0.5, 0.6) is 0 Å². The largest absolute Gasteiger partial charge is 0.369 e. The van der Waals surface area contributed by atoms with Crippen molar-refractivity contribution in [1.82, 2.24) is 0 Å². The van der Waals surface area contributed by atoms with Crippen LogP contribution in [0.25, 0.3) is 0 Å². The molecular formula is C14H11NO2. The molecule has 3 nitrogen and oxygen atoms in total. The number of amides is 1. The van der Waals surface area contributed by atoms with Crippen LogP contribution in [-0.4, -0.2) is 11.0 Å². The van der Waals surface area contributed by atoms with E-state index < -0.39 is 6.23 Å². The van der Waals surface area contributed by atoms with Crippen molar-refractivity contribution in [2.45, 2.75) is 6.23 Å². The summed E-state index contributed by atoms with van der Waals surface area (Å²) in [5, 5.41) is 10.2. The maximum Gasteiger partial charge on any atom is 0.261 e. The highest BCUT2D eigenvalue weighted by Crippen LogP contribution is 2.35. The molecule has 0 bridgehead atoms. The summed E-state index contributed by atoms with van der Waals surface area (Å²) in [5.41, 5.74) is 1.95. The van der Waals surface area contributed by atoms with Crippen molar-refractivity contribution in [2.75, 3.05) is 4.90 Å². The number of carbonyl (C=O) groups excluding carboxylic acids is 1. The van der Waals surface area contributed by atoms with Crippen LogP contribution in [0.4, 0.5) is 5.69 Å². The van der Waals surface area contributed by atoms with Crippen molar-refractivity contribution in [2.24, 2.45) is 0 Å². The molecule has 1 aliphatic rings. The lowest BCUT2D eigenvalue weighted by molar-refractivity contribution is 0.0935. The number of para-hydroxylation sites is 1. The number of benzene rings is 2. The number of aliphatic hydroxyl groups is 1. The number of nitrogens with zero attached hydrogens (tertiary/aromatic N) is 1. The van der Waals surface area contributed by atoms with Crippen molar-refractivity contribution in [3.8, 4) is 0 Å². The summed E-state index contributed by atoms with van der Waals surface area (Å²) in [6, 6.07) is 16.3. The van der Waals surface area contributed by atoms with Gasteiger partial charge in [0.2, 0.25) is 0 Å². The lowest BCUT2D eigenvalue weighted by atomic mass is 10.1. The Morgan fingerprint density at radius 2 is 1.59 bits per heavy atom. The second-order valence-electron chi connectivity index (χ2n) is 3.97. The van der Waals surface area contributed by atoms with E-state index in [1.54, 1.807) is 18.2 Å². The monoisotopic (exact) mass is 225 g/mol. The summed E-state index contributed by atoms with van der Waals surface area (Å²) in [6.07, 6.45) is -0.888. The molecule has 0 radical (unpaired) electrons. The normalized spacial score (nSPS) is 18.3. The van der Waals surface area contributed by atoms with E-state index >= 15 is 0 Å². The fourth-order valence-electron chi connectivity index (χ4n) is 2.14. The zero-order valence-corrected chi connectivity index (χ0v) is 9.08. The van der Waals surface area contributed by atoms with E-state index in [0.717, 1.165) is 0 Å². The summed E-state index contributed by atoms with van der Waals surface area (Å²) in [6.45, 7) is 0. The average Bonchev–Trinajstić information content (AvgIpc) is 2.64. The van der Waals surface area contributed by atoms with Gasteiger partial charge < -0.3 is 5.11 Å². The third-order valence-electron chi connectivity index (χ3n) is 2.97. The molecule has 3 rings (SSSR count). The molecule has 1 N–H and O–H groups in total. The van der Waals surface area contributed by atoms with E-state index in [9.17, 15) is 9.90 Å². The van der Waals surface area contributed by atoms with Gasteiger partial charge in [0, 0.05) is 16.8 Å². The molecule has 3 heteroatoms. The Kier molecular flexibility index (Phi) is 2.20. The number of hydrogen-bond acceptors (Lipinski definition) is 2. The number of carbonyl (C=O) groups is 1. The Balaban J connectivity index is 2.10. The minimum absolute atomic E-state index is 0.153. The number of aliphatic hydroxyl groups excluding tert-OH is 1. The van der Waals surface area contributed by atoms with Crippen molar-refractivity contribution < 1.29 is 9.90 Å². The summed E-state index contributed by atoms with van der Waals surface area (Å²) >= 11 is 0. The van der Waals surface area contributed by atoms with Gasteiger partial charge in [-0.25, -0.2) is 0 Å². The molecule has 1 aliphatic heterocycles. The molecule has 1 atom stereocenters. The van der Waals surface area contributed by atoms with Gasteiger partial charge >= 0.3 is 0 Å². The highest BCUT2D eigenvalue weighted by Gasteiger charge is 2.35. The minimum Gasteiger partial charge on any atom is -0.369 e. The van der Waals surface area contributed by atoms with Gasteiger partial charge in [0.15, 0.2) is 6.23 Å². The van der Waals surface area contributed by atoms with Crippen LogP contribution in [-0.2, 0) is 0 Å². The Hall–Kier alpha value is -2.13. The predicted octanol–water partition coefficient (Wildman–Crippen LogP) is 2.34. The third kappa shape index (κ3) is 1.44. The van der Waals surface area contributed by atoms with E-state index in [0.29, 0.717) is 16.8 Å². The number of hydrogen-bond donors (Lipinski definition) is 1. The van der Waals surface area contributed by atoms with E-state index in [1.807, 2.05) is 36.4 Å². The zero-order valence-electron chi connectivity index (χ0n) is 9.08. The van der Waals surface area contributed by atoms with Gasteiger partial charge in [-0.3, -0.25) is 9.69 Å². The van der Waals surface area contributed by atoms with E-state index in [4.69, 9.17) is 0 Å². The second kappa shape index (κ2) is 3.71. The maximum atomic E-state index is 12.2. The first kappa shape index (κ1) is 10.1. The van der Waals surface area contributed by atoms with Crippen LogP contribution >= 0.6 is 0 Å². The fraction of sp³-hybridized carbons (Fsp3) is 0.0714. The number of anilines is 1. The Bertz CT molecular complexity index is 565. The molecule has 0 aliphatic carbocycles. The average molecular weight is 225 g/mol. The predicted molar refractivity (Wildman–Crippen MR) is 64.7 cm³/mol. The van der Waals surface area contributed by atoms with Crippen molar-refractivity contribution in [3.05, 3.63) is 65.7 Å². The van der Waals surface area contributed by atoms with Gasteiger partial charge in [-0.1, -0.05) is 36.4 Å². The molecule has 2 aromatic carbocycles. The van der Waals surface area contributed by atoms with Gasteiger partial charge in [-0.05, 0) is 18.2 Å². The van der Waals surface area contributed by atoms with Crippen LogP contribution in [0.3, 0.4) is 0 Å². The first-order chi connectivity index (χ1) is 8.29. The van der Waals surface area contributed by atoms with Gasteiger partial charge in [-0.15, -0.1) is 0 Å². The Morgan fingerprint density at radius 3 is 2.29 bits per heavy atom. The van der Waals surface area contributed by atoms with Gasteiger partial charge in [0.05, 0.1) is 0 Å². The number of rotatable bonds is 1. The molecule has 1 heterocycles. The summed E-state index contributed by atoms with van der Waals surface area (Å²) in [5.74, 6) is -0.153. The molecule has 1 amide bonds.